The number of hydrogen-bond acceptors (Lipinski definition) is 6. The zero-order valence-corrected chi connectivity index (χ0v) is 20.9. The van der Waals surface area contributed by atoms with Gasteiger partial charge in [0.2, 0.25) is 11.8 Å². The Labute approximate surface area is 207 Å². The van der Waals surface area contributed by atoms with Crippen LogP contribution in [-0.2, 0) is 34.0 Å². The smallest absolute Gasteiger partial charge is 0.240 e. The number of amides is 2. The van der Waals surface area contributed by atoms with Crippen molar-refractivity contribution in [1.29, 1.82) is 0 Å². The van der Waals surface area contributed by atoms with Gasteiger partial charge in [-0.3, -0.25) is 9.59 Å². The highest BCUT2D eigenvalue weighted by atomic mass is 16.5. The van der Waals surface area contributed by atoms with Gasteiger partial charge < -0.3 is 25.3 Å². The molecule has 0 spiro atoms. The van der Waals surface area contributed by atoms with Gasteiger partial charge in [-0.05, 0) is 31.7 Å². The van der Waals surface area contributed by atoms with Crippen LogP contribution >= 0.6 is 0 Å². The molecule has 0 bridgehead atoms. The summed E-state index contributed by atoms with van der Waals surface area (Å²) in [6.07, 6.45) is 6.68. The van der Waals surface area contributed by atoms with Crippen molar-refractivity contribution in [2.24, 2.45) is 11.7 Å². The molecule has 35 heavy (non-hydrogen) atoms. The monoisotopic (exact) mass is 482 g/mol. The van der Waals surface area contributed by atoms with Crippen LogP contribution in [0.5, 0.6) is 0 Å². The Kier molecular flexibility index (Phi) is 8.18. The first-order valence-electron chi connectivity index (χ1n) is 12.7. The number of carbonyl (C=O) groups excluding carboxylic acids is 2. The van der Waals surface area contributed by atoms with E-state index in [1.54, 1.807) is 13.8 Å². The van der Waals surface area contributed by atoms with E-state index in [0.29, 0.717) is 44.4 Å². The van der Waals surface area contributed by atoms with Crippen LogP contribution in [0.3, 0.4) is 0 Å². The summed E-state index contributed by atoms with van der Waals surface area (Å²) in [7, 11) is 0. The molecule has 1 aromatic carbocycles. The van der Waals surface area contributed by atoms with E-state index in [1.807, 2.05) is 39.8 Å². The van der Waals surface area contributed by atoms with Gasteiger partial charge in [0.1, 0.15) is 6.04 Å². The highest BCUT2D eigenvalue weighted by Crippen LogP contribution is 2.29. The number of nitrogens with zero attached hydrogens (tertiary/aromatic N) is 4. The second-order valence-electron chi connectivity index (χ2n) is 10.4. The van der Waals surface area contributed by atoms with Crippen LogP contribution in [0.15, 0.2) is 30.3 Å². The number of benzene rings is 1. The second kappa shape index (κ2) is 11.3. The molecule has 1 aromatic heterocycles. The Morgan fingerprint density at radius 1 is 1.17 bits per heavy atom. The molecule has 1 aliphatic heterocycles. The lowest BCUT2D eigenvalue weighted by Crippen LogP contribution is -2.51. The Morgan fingerprint density at radius 2 is 1.91 bits per heavy atom. The van der Waals surface area contributed by atoms with Gasteiger partial charge in [0.15, 0.2) is 11.6 Å². The molecule has 0 radical (unpaired) electrons. The average molecular weight is 483 g/mol. The molecule has 3 N–H and O–H groups in total. The van der Waals surface area contributed by atoms with Crippen LogP contribution < -0.4 is 11.1 Å². The molecule has 1 aliphatic carbocycles. The van der Waals surface area contributed by atoms with Crippen LogP contribution in [0, 0.1) is 5.92 Å². The van der Waals surface area contributed by atoms with E-state index in [9.17, 15) is 9.59 Å². The number of nitrogens with two attached hydrogens (primary N) is 1. The first-order chi connectivity index (χ1) is 16.8. The predicted molar refractivity (Wildman–Crippen MR) is 132 cm³/mol. The Hall–Kier alpha value is -2.78. The molecule has 9 nitrogen and oxygen atoms in total. The van der Waals surface area contributed by atoms with Crippen molar-refractivity contribution in [2.45, 2.75) is 83.6 Å². The highest BCUT2D eigenvalue weighted by Gasteiger charge is 2.31. The largest absolute Gasteiger partial charge is 0.374 e. The zero-order valence-electron chi connectivity index (χ0n) is 20.9. The van der Waals surface area contributed by atoms with Crippen molar-refractivity contribution in [1.82, 2.24) is 25.0 Å². The van der Waals surface area contributed by atoms with E-state index < -0.39 is 11.6 Å². The Morgan fingerprint density at radius 3 is 2.63 bits per heavy atom. The van der Waals surface area contributed by atoms with Gasteiger partial charge in [0.05, 0.1) is 25.3 Å². The SMILES string of the molecule is CC(C)(N)C(=O)N[C@H](COCc1ccccc1)c1nnc2n1CCN(C(=O)CCC1CCCC1)C2. The van der Waals surface area contributed by atoms with Crippen LogP contribution in [-0.4, -0.2) is 50.2 Å². The summed E-state index contributed by atoms with van der Waals surface area (Å²) in [5.41, 5.74) is 6.03. The first-order valence-corrected chi connectivity index (χ1v) is 12.7. The summed E-state index contributed by atoms with van der Waals surface area (Å²) in [6, 6.07) is 9.37. The lowest BCUT2D eigenvalue weighted by molar-refractivity contribution is -0.133. The molecule has 1 atom stereocenters. The number of fused-ring (bicyclic) bond motifs is 1. The third-order valence-electron chi connectivity index (χ3n) is 6.97. The van der Waals surface area contributed by atoms with E-state index >= 15 is 0 Å². The van der Waals surface area contributed by atoms with Crippen molar-refractivity contribution in [3.05, 3.63) is 47.5 Å². The topological polar surface area (TPSA) is 115 Å². The van der Waals surface area contributed by atoms with Crippen molar-refractivity contribution in [3.8, 4) is 0 Å². The van der Waals surface area contributed by atoms with Crippen LogP contribution in [0.2, 0.25) is 0 Å². The second-order valence-corrected chi connectivity index (χ2v) is 10.4. The molecule has 2 aromatic rings. The highest BCUT2D eigenvalue weighted by molar-refractivity contribution is 5.85. The van der Waals surface area contributed by atoms with Gasteiger partial charge in [-0.2, -0.15) is 0 Å². The summed E-state index contributed by atoms with van der Waals surface area (Å²) < 4.78 is 7.95. The van der Waals surface area contributed by atoms with Crippen molar-refractivity contribution >= 4 is 11.8 Å². The zero-order chi connectivity index (χ0) is 24.8. The normalized spacial score (nSPS) is 17.3. The lowest BCUT2D eigenvalue weighted by atomic mass is 10.0. The minimum Gasteiger partial charge on any atom is -0.374 e. The first kappa shape index (κ1) is 25.3. The van der Waals surface area contributed by atoms with E-state index in [4.69, 9.17) is 10.5 Å². The molecular weight excluding hydrogens is 444 g/mol. The summed E-state index contributed by atoms with van der Waals surface area (Å²) in [6.45, 7) is 5.61. The summed E-state index contributed by atoms with van der Waals surface area (Å²) >= 11 is 0. The Bertz CT molecular complexity index is 994. The molecular formula is C26H38N6O3. The molecule has 9 heteroatoms. The maximum absolute atomic E-state index is 12.8. The fraction of sp³-hybridized carbons (Fsp3) is 0.615. The van der Waals surface area contributed by atoms with Crippen LogP contribution in [0.25, 0.3) is 0 Å². The summed E-state index contributed by atoms with van der Waals surface area (Å²) in [5.74, 6) is 1.96. The molecule has 1 saturated carbocycles. The number of carbonyl (C=O) groups is 2. The van der Waals surface area contributed by atoms with Gasteiger partial charge in [-0.25, -0.2) is 0 Å². The van der Waals surface area contributed by atoms with Gasteiger partial charge in [0.25, 0.3) is 0 Å². The van der Waals surface area contributed by atoms with Crippen LogP contribution in [0.4, 0.5) is 0 Å². The number of aromatic nitrogens is 3. The van der Waals surface area contributed by atoms with Crippen LogP contribution in [0.1, 0.15) is 75.6 Å². The van der Waals surface area contributed by atoms with Gasteiger partial charge in [-0.1, -0.05) is 56.0 Å². The third-order valence-corrected chi connectivity index (χ3v) is 6.97. The molecule has 0 saturated heterocycles. The maximum atomic E-state index is 12.8. The molecule has 0 unspecified atom stereocenters. The minimum atomic E-state index is -1.04. The van der Waals surface area contributed by atoms with Gasteiger partial charge in [-0.15, -0.1) is 10.2 Å². The summed E-state index contributed by atoms with van der Waals surface area (Å²) in [4.78, 5) is 27.4. The quantitative estimate of drug-likeness (QED) is 0.538. The fourth-order valence-electron chi connectivity index (χ4n) is 4.83. The predicted octanol–water partition coefficient (Wildman–Crippen LogP) is 2.70. The summed E-state index contributed by atoms with van der Waals surface area (Å²) in [5, 5.41) is 11.8. The standard InChI is InChI=1S/C26H38N6O3/c1-26(2,27)25(34)28-21(18-35-17-20-10-4-3-5-11-20)24-30-29-22-16-31(14-15-32(22)24)23(33)13-12-19-8-6-7-9-19/h3-5,10-11,19,21H,6-9,12-18,27H2,1-2H3,(H,28,34)/t21-/m1/s1. The van der Waals surface area contributed by atoms with E-state index in [-0.39, 0.29) is 18.4 Å². The van der Waals surface area contributed by atoms with Gasteiger partial charge >= 0.3 is 0 Å². The Balaban J connectivity index is 1.41. The number of hydrogen-bond donors (Lipinski definition) is 2. The van der Waals surface area contributed by atoms with E-state index in [0.717, 1.165) is 17.8 Å². The lowest BCUT2D eigenvalue weighted by Gasteiger charge is -2.30. The van der Waals surface area contributed by atoms with Gasteiger partial charge in [0, 0.05) is 19.5 Å². The van der Waals surface area contributed by atoms with Crippen molar-refractivity contribution in [2.75, 3.05) is 13.2 Å². The molecule has 2 amide bonds. The third kappa shape index (κ3) is 6.67. The van der Waals surface area contributed by atoms with E-state index in [2.05, 4.69) is 15.5 Å². The number of rotatable bonds is 10. The average Bonchev–Trinajstić information content (AvgIpc) is 3.51. The fourth-order valence-corrected chi connectivity index (χ4v) is 4.83. The number of nitrogens with one attached hydrogen (secondary N) is 1. The minimum absolute atomic E-state index is 0.189. The molecule has 190 valence electrons. The molecule has 2 aliphatic rings. The van der Waals surface area contributed by atoms with Crippen molar-refractivity contribution in [3.63, 3.8) is 0 Å². The molecule has 2 heterocycles. The van der Waals surface area contributed by atoms with Crippen molar-refractivity contribution < 1.29 is 14.3 Å². The molecule has 1 fully saturated rings. The molecule has 4 rings (SSSR count). The number of ether oxygens (including phenoxy) is 1. The van der Waals surface area contributed by atoms with E-state index in [1.165, 1.54) is 25.7 Å². The maximum Gasteiger partial charge on any atom is 0.240 e.